The van der Waals surface area contributed by atoms with E-state index >= 15 is 4.39 Å². The number of piperazine rings is 1. The van der Waals surface area contributed by atoms with Crippen LogP contribution in [0.15, 0.2) is 85.2 Å². The molecule has 7 amide bonds. The Kier molecular flexibility index (Phi) is 18.6. The Morgan fingerprint density at radius 2 is 1.50 bits per heavy atom. The summed E-state index contributed by atoms with van der Waals surface area (Å²) in [7, 11) is 0. The summed E-state index contributed by atoms with van der Waals surface area (Å²) in [6.07, 6.45) is 7.23. The van der Waals surface area contributed by atoms with Crippen LogP contribution in [0.5, 0.6) is 5.75 Å². The van der Waals surface area contributed by atoms with Gasteiger partial charge in [0.15, 0.2) is 11.6 Å². The van der Waals surface area contributed by atoms with Crippen LogP contribution in [-0.2, 0) is 34.1 Å². The van der Waals surface area contributed by atoms with E-state index in [0.29, 0.717) is 108 Å². The zero-order chi connectivity index (χ0) is 58.0. The molecular weight excluding hydrogens is 1060 g/mol. The molecule has 0 spiro atoms. The molecule has 4 N–H and O–H groups in total. The van der Waals surface area contributed by atoms with Crippen molar-refractivity contribution in [3.05, 3.63) is 119 Å². The third-order valence-corrected chi connectivity index (χ3v) is 14.9. The van der Waals surface area contributed by atoms with Crippen molar-refractivity contribution in [1.82, 2.24) is 45.5 Å². The van der Waals surface area contributed by atoms with Crippen LogP contribution in [0.1, 0.15) is 128 Å². The number of carbonyl (C=O) groups excluding carboxylic acids is 7. The van der Waals surface area contributed by atoms with E-state index in [1.807, 2.05) is 82.3 Å². The Bertz CT molecular complexity index is 3120. The molecule has 4 aliphatic rings. The van der Waals surface area contributed by atoms with Crippen molar-refractivity contribution in [3.63, 3.8) is 0 Å². The lowest BCUT2D eigenvalue weighted by Crippen LogP contribution is -2.54. The van der Waals surface area contributed by atoms with Gasteiger partial charge in [-0.1, -0.05) is 18.2 Å². The first-order valence-corrected chi connectivity index (χ1v) is 27.9. The van der Waals surface area contributed by atoms with Crippen LogP contribution < -0.4 is 25.6 Å². The lowest BCUT2D eigenvalue weighted by molar-refractivity contribution is -0.137. The van der Waals surface area contributed by atoms with E-state index in [0.717, 1.165) is 47.1 Å². The summed E-state index contributed by atoms with van der Waals surface area (Å²) in [5.74, 6) is -1.96. The maximum atomic E-state index is 15.4. The van der Waals surface area contributed by atoms with Crippen molar-refractivity contribution >= 4 is 52.9 Å². The monoisotopic (exact) mass is 1130 g/mol. The molecule has 0 radical (unpaired) electrons. The number of carbonyl (C=O) groups is 7. The number of nitrogens with one attached hydrogen (secondary N) is 4. The third-order valence-electron chi connectivity index (χ3n) is 14.9. The smallest absolute Gasteiger partial charge is 0.410 e. The number of anilines is 2. The molecule has 4 aliphatic heterocycles. The van der Waals surface area contributed by atoms with Gasteiger partial charge < -0.3 is 44.3 Å². The number of imide groups is 2. The fraction of sp³-hybridized carbons (Fsp3) is 0.458. The molecule has 2 aromatic heterocycles. The second kappa shape index (κ2) is 26.1. The molecule has 22 nitrogen and oxygen atoms in total. The van der Waals surface area contributed by atoms with E-state index in [9.17, 15) is 33.6 Å². The van der Waals surface area contributed by atoms with E-state index in [4.69, 9.17) is 23.9 Å². The normalized spacial score (nSPS) is 17.5. The van der Waals surface area contributed by atoms with E-state index in [1.54, 1.807) is 33.2 Å². The highest BCUT2D eigenvalue weighted by Crippen LogP contribution is 2.37. The van der Waals surface area contributed by atoms with Crippen molar-refractivity contribution in [1.29, 1.82) is 0 Å². The lowest BCUT2D eigenvalue weighted by Gasteiger charge is -2.41. The summed E-state index contributed by atoms with van der Waals surface area (Å²) in [6.45, 7) is 11.4. The second-order valence-electron chi connectivity index (χ2n) is 21.9. The first-order chi connectivity index (χ1) is 39.4. The summed E-state index contributed by atoms with van der Waals surface area (Å²) >= 11 is 0. The van der Waals surface area contributed by atoms with Crippen LogP contribution in [0.2, 0.25) is 0 Å². The van der Waals surface area contributed by atoms with Crippen molar-refractivity contribution in [3.8, 4) is 17.1 Å². The number of hydrogen-bond acceptors (Lipinski definition) is 16. The number of piperidine rings is 2. The fourth-order valence-electron chi connectivity index (χ4n) is 10.4. The Hall–Kier alpha value is -8.31. The summed E-state index contributed by atoms with van der Waals surface area (Å²) in [5, 5.41) is 16.6. The van der Waals surface area contributed by atoms with Gasteiger partial charge in [0.05, 0.1) is 29.5 Å². The van der Waals surface area contributed by atoms with Gasteiger partial charge in [-0.2, -0.15) is 5.10 Å². The zero-order valence-electron chi connectivity index (χ0n) is 46.7. The van der Waals surface area contributed by atoms with Crippen LogP contribution in [0, 0.1) is 5.82 Å². The first kappa shape index (κ1) is 58.3. The number of hydrogen-bond donors (Lipinski definition) is 4. The van der Waals surface area contributed by atoms with Gasteiger partial charge in [-0.3, -0.25) is 49.1 Å². The molecule has 23 heteroatoms. The molecule has 0 bridgehead atoms. The molecule has 434 valence electrons. The van der Waals surface area contributed by atoms with Gasteiger partial charge in [0.25, 0.3) is 17.7 Å². The number of nitrogens with zero attached hydrogens (tertiary/aromatic N) is 7. The van der Waals surface area contributed by atoms with Gasteiger partial charge >= 0.3 is 6.09 Å². The van der Waals surface area contributed by atoms with Crippen molar-refractivity contribution in [2.75, 3.05) is 82.5 Å². The third kappa shape index (κ3) is 14.2. The Labute approximate surface area is 474 Å². The van der Waals surface area contributed by atoms with Crippen LogP contribution in [0.3, 0.4) is 0 Å². The molecule has 0 aliphatic carbocycles. The Balaban J connectivity index is 0.635. The molecule has 3 fully saturated rings. The molecule has 82 heavy (non-hydrogen) atoms. The molecule has 0 saturated carbocycles. The largest absolute Gasteiger partial charge is 0.494 e. The number of halogens is 1. The molecular formula is C59H70FN11O11. The molecule has 6 heterocycles. The lowest BCUT2D eigenvalue weighted by atomic mass is 9.86. The number of ether oxygens (including phenoxy) is 4. The highest BCUT2D eigenvalue weighted by atomic mass is 19.1. The quantitative estimate of drug-likeness (QED) is 0.0423. The predicted molar refractivity (Wildman–Crippen MR) is 298 cm³/mol. The zero-order valence-corrected chi connectivity index (χ0v) is 46.7. The van der Waals surface area contributed by atoms with E-state index in [-0.39, 0.29) is 60.2 Å². The van der Waals surface area contributed by atoms with Crippen molar-refractivity contribution in [2.45, 2.75) is 102 Å². The van der Waals surface area contributed by atoms with Crippen LogP contribution in [-0.4, -0.2) is 160 Å². The van der Waals surface area contributed by atoms with Crippen LogP contribution >= 0.6 is 0 Å². The average molecular weight is 1130 g/mol. The highest BCUT2D eigenvalue weighted by molar-refractivity contribution is 6.23. The molecule has 5 aromatic rings. The van der Waals surface area contributed by atoms with Gasteiger partial charge in [0.2, 0.25) is 17.7 Å². The fourth-order valence-corrected chi connectivity index (χ4v) is 10.4. The van der Waals surface area contributed by atoms with E-state index < -0.39 is 46.6 Å². The number of amides is 7. The standard InChI is InChI=1S/C59H70FN11O11/c1-38(62-52(74)41-10-8-11-42(34-41)65-59(20-24-70(25-21-59)57(78)82-58(2,3)4)56-64-51(66-67-56)40-18-22-61-23-19-40)39-12-14-43(15-13-39)81-33-7-5-6-30-79-31-9-32-80-37-50(73)69-28-26-68(27-29-69)48-36-45-44(35-46(48)60)54(76)71(55(45)77)47-16-17-49(72)63-53(47)75/h8,10-15,18-19,22-23,34-36,38,47,65H,5-7,9,16-17,20-21,24-33,37H2,1-4H3,(H,62,74)(H,63,72,75)(H,64,66,67)/t38-,47?/m1/s1. The van der Waals surface area contributed by atoms with E-state index in [2.05, 4.69) is 31.1 Å². The summed E-state index contributed by atoms with van der Waals surface area (Å²) in [6, 6.07) is 19.6. The van der Waals surface area contributed by atoms with E-state index in [1.165, 1.54) is 6.07 Å². The summed E-state index contributed by atoms with van der Waals surface area (Å²) < 4.78 is 38.4. The summed E-state index contributed by atoms with van der Waals surface area (Å²) in [5.41, 5.74) is 1.55. The minimum absolute atomic E-state index is 0.000354. The highest BCUT2D eigenvalue weighted by Gasteiger charge is 2.46. The number of unbranched alkanes of at least 4 members (excludes halogenated alkanes) is 2. The molecule has 9 rings (SSSR count). The van der Waals surface area contributed by atoms with Crippen LogP contribution in [0.25, 0.3) is 11.4 Å². The number of rotatable bonds is 22. The van der Waals surface area contributed by atoms with Gasteiger partial charge in [-0.15, -0.1) is 0 Å². The average Bonchev–Trinajstić information content (AvgIpc) is 3.12. The Morgan fingerprint density at radius 3 is 2.22 bits per heavy atom. The SMILES string of the molecule is C[C@@H](NC(=O)c1cccc(NC2(c3nc(-c4ccncc4)n[nH]3)CCN(C(=O)OC(C)(C)C)CC2)c1)c1ccc(OCCCCCOCCCOCC(=O)N2CCN(c3cc4c(cc3F)C(=O)N(C3CCC(=O)NC3=O)C4=O)CC2)cc1. The minimum atomic E-state index is -1.15. The number of fused-ring (bicyclic) bond motifs is 1. The van der Waals surface area contributed by atoms with Crippen molar-refractivity contribution < 1.29 is 56.9 Å². The maximum absolute atomic E-state index is 15.4. The molecule has 1 unspecified atom stereocenters. The summed E-state index contributed by atoms with van der Waals surface area (Å²) in [4.78, 5) is 105. The van der Waals surface area contributed by atoms with Gasteiger partial charge in [-0.25, -0.2) is 14.2 Å². The van der Waals surface area contributed by atoms with Gasteiger partial charge in [-0.05, 0) is 133 Å². The van der Waals surface area contributed by atoms with Crippen molar-refractivity contribution in [2.24, 2.45) is 0 Å². The topological polar surface area (TPSA) is 260 Å². The number of likely N-dealkylation sites (tertiary alicyclic amines) is 1. The predicted octanol–water partition coefficient (Wildman–Crippen LogP) is 6.56. The number of H-pyrrole nitrogens is 1. The van der Waals surface area contributed by atoms with Crippen LogP contribution in [0.4, 0.5) is 20.6 Å². The minimum Gasteiger partial charge on any atom is -0.494 e. The molecule has 3 saturated heterocycles. The Morgan fingerprint density at radius 1 is 0.805 bits per heavy atom. The molecule has 3 aromatic carbocycles. The maximum Gasteiger partial charge on any atom is 0.410 e. The number of benzene rings is 3. The second-order valence-corrected chi connectivity index (χ2v) is 21.9. The van der Waals surface area contributed by atoms with Gasteiger partial charge in [0, 0.05) is 94.7 Å². The first-order valence-electron chi connectivity index (χ1n) is 27.9. The molecule has 2 atom stereocenters. The van der Waals surface area contributed by atoms with Gasteiger partial charge in [0.1, 0.15) is 35.4 Å². The number of aromatic nitrogens is 4. The number of aromatic amines is 1. The number of pyridine rings is 1.